The Labute approximate surface area is 248 Å². The number of ether oxygens (including phenoxy) is 2. The maximum atomic E-state index is 12.6. The number of nitro benzene ring substituents is 1. The second kappa shape index (κ2) is 13.4. The second-order valence-corrected chi connectivity index (χ2v) is 9.31. The van der Waals surface area contributed by atoms with E-state index in [9.17, 15) is 24.5 Å². The third kappa shape index (κ3) is 7.47. The van der Waals surface area contributed by atoms with Gasteiger partial charge in [-0.15, -0.1) is 0 Å². The topological polar surface area (TPSA) is 149 Å². The van der Waals surface area contributed by atoms with E-state index in [1.165, 1.54) is 74.0 Å². The van der Waals surface area contributed by atoms with Gasteiger partial charge in [0.15, 0.2) is 11.5 Å². The zero-order valence-electron chi connectivity index (χ0n) is 21.7. The van der Waals surface area contributed by atoms with Crippen molar-refractivity contribution in [3.8, 4) is 11.5 Å². The smallest absolute Gasteiger partial charge is 0.345 e. The molecule has 0 spiro atoms. The number of carbonyl (C=O) groups is 3. The van der Waals surface area contributed by atoms with Gasteiger partial charge in [-0.1, -0.05) is 29.3 Å². The van der Waals surface area contributed by atoms with Crippen LogP contribution in [0.15, 0.2) is 90.0 Å². The highest BCUT2D eigenvalue weighted by Gasteiger charge is 2.16. The molecule has 0 aliphatic heterocycles. The van der Waals surface area contributed by atoms with E-state index in [-0.39, 0.29) is 38.9 Å². The van der Waals surface area contributed by atoms with Crippen molar-refractivity contribution in [3.63, 3.8) is 0 Å². The van der Waals surface area contributed by atoms with Gasteiger partial charge in [-0.05, 0) is 72.3 Å². The largest absolute Gasteiger partial charge is 0.493 e. The van der Waals surface area contributed by atoms with Crippen molar-refractivity contribution in [3.05, 3.63) is 127 Å². The quantitative estimate of drug-likeness (QED) is 0.0763. The highest BCUT2D eigenvalue weighted by Crippen LogP contribution is 2.30. The van der Waals surface area contributed by atoms with Gasteiger partial charge in [-0.3, -0.25) is 19.7 Å². The molecule has 4 aromatic rings. The van der Waals surface area contributed by atoms with Gasteiger partial charge in [0.05, 0.1) is 28.8 Å². The number of amides is 2. The Morgan fingerprint density at radius 1 is 0.881 bits per heavy atom. The summed E-state index contributed by atoms with van der Waals surface area (Å²) in [5.41, 5.74) is 3.69. The Morgan fingerprint density at radius 3 is 2.33 bits per heavy atom. The van der Waals surface area contributed by atoms with E-state index in [0.717, 1.165) is 0 Å². The Kier molecular flexibility index (Phi) is 9.48. The van der Waals surface area contributed by atoms with E-state index >= 15 is 0 Å². The summed E-state index contributed by atoms with van der Waals surface area (Å²) in [5, 5.41) is 17.9. The van der Waals surface area contributed by atoms with Crippen LogP contribution < -0.4 is 20.2 Å². The Morgan fingerprint density at radius 2 is 1.64 bits per heavy atom. The van der Waals surface area contributed by atoms with E-state index < -0.39 is 22.7 Å². The van der Waals surface area contributed by atoms with Crippen molar-refractivity contribution in [2.24, 2.45) is 5.10 Å². The number of methoxy groups -OCH3 is 1. The number of rotatable bonds is 9. The molecule has 0 saturated carbocycles. The number of non-ortho nitro benzene ring substituents is 1. The van der Waals surface area contributed by atoms with Crippen molar-refractivity contribution in [2.45, 2.75) is 0 Å². The van der Waals surface area contributed by atoms with Crippen LogP contribution >= 0.6 is 23.2 Å². The zero-order valence-corrected chi connectivity index (χ0v) is 23.2. The Balaban J connectivity index is 1.37. The van der Waals surface area contributed by atoms with Crippen molar-refractivity contribution >= 4 is 58.6 Å². The molecule has 13 heteroatoms. The predicted molar refractivity (Wildman–Crippen MR) is 157 cm³/mol. The monoisotopic (exact) mass is 606 g/mol. The summed E-state index contributed by atoms with van der Waals surface area (Å²) in [4.78, 5) is 47.9. The molecule has 0 radical (unpaired) electrons. The van der Waals surface area contributed by atoms with E-state index in [2.05, 4.69) is 15.8 Å². The lowest BCUT2D eigenvalue weighted by Crippen LogP contribution is -2.18. The molecule has 0 aliphatic carbocycles. The molecule has 11 nitrogen and oxygen atoms in total. The highest BCUT2D eigenvalue weighted by atomic mass is 35.5. The third-order valence-corrected chi connectivity index (χ3v) is 6.19. The molecule has 2 amide bonds. The first-order chi connectivity index (χ1) is 20.1. The first-order valence-corrected chi connectivity index (χ1v) is 12.7. The number of esters is 1. The number of nitro groups is 1. The fraction of sp³-hybridized carbons (Fsp3) is 0.0345. The summed E-state index contributed by atoms with van der Waals surface area (Å²) < 4.78 is 10.7. The number of hydrazone groups is 1. The normalized spacial score (nSPS) is 10.6. The second-order valence-electron chi connectivity index (χ2n) is 8.46. The van der Waals surface area contributed by atoms with E-state index in [1.807, 2.05) is 0 Å². The molecular formula is C29H20Cl2N4O7. The van der Waals surface area contributed by atoms with Crippen molar-refractivity contribution in [1.29, 1.82) is 0 Å². The molecule has 0 unspecified atom stereocenters. The number of anilines is 1. The Bertz CT molecular complexity index is 1710. The predicted octanol–water partition coefficient (Wildman–Crippen LogP) is 6.15. The molecule has 212 valence electrons. The lowest BCUT2D eigenvalue weighted by molar-refractivity contribution is -0.384. The maximum Gasteiger partial charge on any atom is 0.345 e. The number of benzene rings is 4. The van der Waals surface area contributed by atoms with Crippen LogP contribution in [0.4, 0.5) is 11.4 Å². The van der Waals surface area contributed by atoms with Crippen LogP contribution in [0.2, 0.25) is 10.0 Å². The van der Waals surface area contributed by atoms with E-state index in [0.29, 0.717) is 16.3 Å². The number of halogens is 2. The van der Waals surface area contributed by atoms with Gasteiger partial charge >= 0.3 is 5.97 Å². The fourth-order valence-corrected chi connectivity index (χ4v) is 4.05. The summed E-state index contributed by atoms with van der Waals surface area (Å²) in [6.07, 6.45) is 1.36. The summed E-state index contributed by atoms with van der Waals surface area (Å²) in [6.45, 7) is 0. The first kappa shape index (κ1) is 29.7. The van der Waals surface area contributed by atoms with Gasteiger partial charge in [0.1, 0.15) is 0 Å². The van der Waals surface area contributed by atoms with Crippen molar-refractivity contribution in [2.75, 3.05) is 12.4 Å². The molecule has 0 bridgehead atoms. The van der Waals surface area contributed by atoms with E-state index in [4.69, 9.17) is 32.7 Å². The molecule has 0 saturated heterocycles. The van der Waals surface area contributed by atoms with Crippen molar-refractivity contribution < 1.29 is 28.8 Å². The minimum absolute atomic E-state index is 0.131. The van der Waals surface area contributed by atoms with Gasteiger partial charge in [0.25, 0.3) is 17.5 Å². The van der Waals surface area contributed by atoms with Crippen LogP contribution in [0.5, 0.6) is 11.5 Å². The summed E-state index contributed by atoms with van der Waals surface area (Å²) in [6, 6.07) is 20.3. The highest BCUT2D eigenvalue weighted by molar-refractivity contribution is 6.36. The SMILES string of the molecule is COc1cc(C=NNC(=O)c2cccc(NC(=O)c3ccc([N+](=O)[O-])cc3)c2)ccc1OC(=O)c1ccc(Cl)cc1Cl. The number of nitrogens with one attached hydrogen (secondary N) is 2. The van der Waals surface area contributed by atoms with Gasteiger partial charge < -0.3 is 14.8 Å². The lowest BCUT2D eigenvalue weighted by atomic mass is 10.1. The minimum atomic E-state index is -0.699. The van der Waals surface area contributed by atoms with Crippen LogP contribution in [0.3, 0.4) is 0 Å². The summed E-state index contributed by atoms with van der Waals surface area (Å²) >= 11 is 12.0. The molecule has 4 aromatic carbocycles. The minimum Gasteiger partial charge on any atom is -0.493 e. The zero-order chi connectivity index (χ0) is 30.2. The summed E-state index contributed by atoms with van der Waals surface area (Å²) in [5.74, 6) is -1.37. The molecule has 4 rings (SSSR count). The van der Waals surface area contributed by atoms with Crippen LogP contribution in [-0.2, 0) is 0 Å². The lowest BCUT2D eigenvalue weighted by Gasteiger charge is -2.10. The van der Waals surface area contributed by atoms with Crippen LogP contribution in [0.1, 0.15) is 36.6 Å². The van der Waals surface area contributed by atoms with Gasteiger partial charge in [-0.2, -0.15) is 5.10 Å². The fourth-order valence-electron chi connectivity index (χ4n) is 3.56. The molecule has 0 fully saturated rings. The molecule has 0 aromatic heterocycles. The van der Waals surface area contributed by atoms with Crippen LogP contribution in [0.25, 0.3) is 0 Å². The average molecular weight is 607 g/mol. The number of carbonyl (C=O) groups excluding carboxylic acids is 3. The number of nitrogens with zero attached hydrogens (tertiary/aromatic N) is 2. The van der Waals surface area contributed by atoms with Crippen LogP contribution in [-0.4, -0.2) is 36.0 Å². The third-order valence-electron chi connectivity index (χ3n) is 5.64. The van der Waals surface area contributed by atoms with E-state index in [1.54, 1.807) is 24.3 Å². The molecule has 2 N–H and O–H groups in total. The summed E-state index contributed by atoms with van der Waals surface area (Å²) in [7, 11) is 1.40. The van der Waals surface area contributed by atoms with Gasteiger partial charge in [0.2, 0.25) is 0 Å². The standard InChI is InChI=1S/C29H20Cl2N4O7/c1-41-26-13-17(5-12-25(26)42-29(38)23-11-8-20(30)15-24(23)31)16-32-34-28(37)19-3-2-4-21(14-19)33-27(36)18-6-9-22(10-7-18)35(39)40/h2-16H,1H3,(H,33,36)(H,34,37). The molecule has 0 heterocycles. The molecule has 0 atom stereocenters. The average Bonchev–Trinajstić information content (AvgIpc) is 2.97. The molecule has 0 aliphatic rings. The maximum absolute atomic E-state index is 12.6. The van der Waals surface area contributed by atoms with Crippen LogP contribution in [0, 0.1) is 10.1 Å². The first-order valence-electron chi connectivity index (χ1n) is 12.0. The number of hydrogen-bond acceptors (Lipinski definition) is 8. The van der Waals surface area contributed by atoms with Crippen molar-refractivity contribution in [1.82, 2.24) is 5.43 Å². The van der Waals surface area contributed by atoms with Gasteiger partial charge in [0, 0.05) is 34.0 Å². The Hall–Kier alpha value is -5.26. The molecular weight excluding hydrogens is 587 g/mol. The molecule has 42 heavy (non-hydrogen) atoms. The number of hydrogen-bond donors (Lipinski definition) is 2. The van der Waals surface area contributed by atoms with Gasteiger partial charge in [-0.25, -0.2) is 10.2 Å².